The van der Waals surface area contributed by atoms with Gasteiger partial charge in [0.2, 0.25) is 5.91 Å². The van der Waals surface area contributed by atoms with Crippen molar-refractivity contribution in [2.75, 3.05) is 13.1 Å². The van der Waals surface area contributed by atoms with Crippen LogP contribution in [0.4, 0.5) is 0 Å². The van der Waals surface area contributed by atoms with Gasteiger partial charge in [0.1, 0.15) is 0 Å². The average molecular weight is 238 g/mol. The summed E-state index contributed by atoms with van der Waals surface area (Å²) < 4.78 is 0. The number of aliphatic hydroxyl groups is 1. The van der Waals surface area contributed by atoms with E-state index in [2.05, 4.69) is 12.2 Å². The third-order valence-electron chi connectivity index (χ3n) is 4.61. The van der Waals surface area contributed by atoms with Gasteiger partial charge in [0.15, 0.2) is 0 Å². The number of nitrogens with zero attached hydrogens (tertiary/aromatic N) is 1. The maximum Gasteiger partial charge on any atom is 0.227 e. The highest BCUT2D eigenvalue weighted by Crippen LogP contribution is 2.36. The fourth-order valence-electron chi connectivity index (χ4n) is 3.78. The number of hydrogen-bond acceptors (Lipinski definition) is 3. The minimum Gasteiger partial charge on any atom is -0.386 e. The molecular weight excluding hydrogens is 216 g/mol. The van der Waals surface area contributed by atoms with Crippen molar-refractivity contribution in [1.29, 1.82) is 0 Å². The Bertz CT molecular complexity index is 325. The van der Waals surface area contributed by atoms with Gasteiger partial charge in [-0.3, -0.25) is 4.79 Å². The van der Waals surface area contributed by atoms with Gasteiger partial charge in [-0.1, -0.05) is 13.3 Å². The molecule has 0 radical (unpaired) electrons. The molecule has 3 aliphatic heterocycles. The zero-order chi connectivity index (χ0) is 12.0. The Kier molecular flexibility index (Phi) is 2.67. The smallest absolute Gasteiger partial charge is 0.227 e. The molecule has 0 aromatic heterocycles. The van der Waals surface area contributed by atoms with E-state index in [1.54, 1.807) is 0 Å². The lowest BCUT2D eigenvalue weighted by Gasteiger charge is -2.48. The molecule has 3 fully saturated rings. The first-order chi connectivity index (χ1) is 8.11. The number of fused-ring (bicyclic) bond motifs is 2. The van der Waals surface area contributed by atoms with Crippen molar-refractivity contribution in [2.24, 2.45) is 5.92 Å². The molecular formula is C13H22N2O2. The molecule has 3 unspecified atom stereocenters. The molecule has 0 saturated carbocycles. The zero-order valence-electron chi connectivity index (χ0n) is 10.5. The Morgan fingerprint density at radius 3 is 2.76 bits per heavy atom. The van der Waals surface area contributed by atoms with Crippen molar-refractivity contribution in [2.45, 2.75) is 56.7 Å². The van der Waals surface area contributed by atoms with Crippen LogP contribution in [0.5, 0.6) is 0 Å². The molecule has 4 nitrogen and oxygen atoms in total. The summed E-state index contributed by atoms with van der Waals surface area (Å²) >= 11 is 0. The lowest BCUT2D eigenvalue weighted by Crippen LogP contribution is -2.64. The fourth-order valence-corrected chi connectivity index (χ4v) is 3.78. The van der Waals surface area contributed by atoms with E-state index < -0.39 is 5.60 Å². The molecule has 4 heteroatoms. The highest BCUT2D eigenvalue weighted by atomic mass is 16.3. The number of β-amino-alcohol motifs (C(OH)–C–C–N with tert-alkyl or cyclic N) is 1. The average Bonchev–Trinajstić information content (AvgIpc) is 2.86. The lowest BCUT2D eigenvalue weighted by molar-refractivity contribution is -0.161. The number of nitrogens with one attached hydrogen (secondary N) is 1. The molecule has 3 aliphatic rings. The Hall–Kier alpha value is -0.610. The molecule has 96 valence electrons. The second-order valence-corrected chi connectivity index (χ2v) is 6.06. The second kappa shape index (κ2) is 3.95. The van der Waals surface area contributed by atoms with Crippen molar-refractivity contribution < 1.29 is 9.90 Å². The van der Waals surface area contributed by atoms with E-state index in [1.165, 1.54) is 6.42 Å². The van der Waals surface area contributed by atoms with Crippen LogP contribution in [0, 0.1) is 5.92 Å². The number of carbonyl (C=O) groups is 1. The van der Waals surface area contributed by atoms with E-state index in [1.807, 2.05) is 4.90 Å². The van der Waals surface area contributed by atoms with Gasteiger partial charge in [0.25, 0.3) is 0 Å². The van der Waals surface area contributed by atoms with E-state index in [0.29, 0.717) is 25.2 Å². The van der Waals surface area contributed by atoms with Crippen molar-refractivity contribution in [1.82, 2.24) is 10.2 Å². The second-order valence-electron chi connectivity index (χ2n) is 6.06. The van der Waals surface area contributed by atoms with Gasteiger partial charge in [-0.2, -0.15) is 0 Å². The van der Waals surface area contributed by atoms with E-state index in [9.17, 15) is 9.90 Å². The normalized spacial score (nSPS) is 38.2. The Morgan fingerprint density at radius 1 is 1.47 bits per heavy atom. The SMILES string of the molecule is CCCC1(O)CN(C(=O)C2CC3CCC2N3)C1. The number of hydrogen-bond donors (Lipinski definition) is 2. The summed E-state index contributed by atoms with van der Waals surface area (Å²) in [7, 11) is 0. The molecule has 0 aromatic carbocycles. The third kappa shape index (κ3) is 1.87. The van der Waals surface area contributed by atoms with Gasteiger partial charge in [0, 0.05) is 12.1 Å². The van der Waals surface area contributed by atoms with Crippen LogP contribution in [-0.4, -0.2) is 46.7 Å². The standard InChI is InChI=1S/C13H22N2O2/c1-2-5-13(17)7-15(8-13)12(16)10-6-9-3-4-11(10)14-9/h9-11,14,17H,2-8H2,1H3. The van der Waals surface area contributed by atoms with Gasteiger partial charge in [0.05, 0.1) is 24.6 Å². The lowest BCUT2D eigenvalue weighted by atomic mass is 9.84. The first kappa shape index (κ1) is 11.5. The van der Waals surface area contributed by atoms with Crippen molar-refractivity contribution in [3.63, 3.8) is 0 Å². The van der Waals surface area contributed by atoms with E-state index >= 15 is 0 Å². The predicted molar refractivity (Wildman–Crippen MR) is 64.5 cm³/mol. The van der Waals surface area contributed by atoms with Gasteiger partial charge in [-0.25, -0.2) is 0 Å². The monoisotopic (exact) mass is 238 g/mol. The molecule has 17 heavy (non-hydrogen) atoms. The summed E-state index contributed by atoms with van der Waals surface area (Å²) in [5, 5.41) is 13.6. The van der Waals surface area contributed by atoms with Gasteiger partial charge in [-0.15, -0.1) is 0 Å². The van der Waals surface area contributed by atoms with Crippen LogP contribution in [0.25, 0.3) is 0 Å². The van der Waals surface area contributed by atoms with Crippen LogP contribution < -0.4 is 5.32 Å². The van der Waals surface area contributed by atoms with Crippen LogP contribution in [0.3, 0.4) is 0 Å². The minimum absolute atomic E-state index is 0.180. The third-order valence-corrected chi connectivity index (χ3v) is 4.61. The Morgan fingerprint density at radius 2 is 2.24 bits per heavy atom. The maximum absolute atomic E-state index is 12.3. The summed E-state index contributed by atoms with van der Waals surface area (Å²) in [5.41, 5.74) is -0.588. The van der Waals surface area contributed by atoms with E-state index in [-0.39, 0.29) is 11.8 Å². The molecule has 2 bridgehead atoms. The number of likely N-dealkylation sites (tertiary alicyclic amines) is 1. The first-order valence-corrected chi connectivity index (χ1v) is 6.88. The summed E-state index contributed by atoms with van der Waals surface area (Å²) in [6.45, 7) is 3.17. The van der Waals surface area contributed by atoms with Gasteiger partial charge < -0.3 is 15.3 Å². The van der Waals surface area contributed by atoms with Crippen LogP contribution in [0.2, 0.25) is 0 Å². The van der Waals surface area contributed by atoms with Crippen molar-refractivity contribution >= 4 is 5.91 Å². The predicted octanol–water partition coefficient (Wildman–Crippen LogP) is 0.500. The van der Waals surface area contributed by atoms with Crippen molar-refractivity contribution in [3.8, 4) is 0 Å². The first-order valence-electron chi connectivity index (χ1n) is 6.88. The van der Waals surface area contributed by atoms with Crippen LogP contribution in [0.15, 0.2) is 0 Å². The van der Waals surface area contributed by atoms with Crippen LogP contribution in [0.1, 0.15) is 39.0 Å². The molecule has 0 spiro atoms. The summed E-state index contributed by atoms with van der Waals surface area (Å²) in [4.78, 5) is 14.1. The topological polar surface area (TPSA) is 52.6 Å². The summed E-state index contributed by atoms with van der Waals surface area (Å²) in [6.07, 6.45) is 5.18. The van der Waals surface area contributed by atoms with Gasteiger partial charge in [-0.05, 0) is 25.7 Å². The van der Waals surface area contributed by atoms with Crippen LogP contribution >= 0.6 is 0 Å². The summed E-state index contributed by atoms with van der Waals surface area (Å²) in [6, 6.07) is 0.983. The molecule has 3 saturated heterocycles. The molecule has 3 atom stereocenters. The highest BCUT2D eigenvalue weighted by molar-refractivity contribution is 5.81. The quantitative estimate of drug-likeness (QED) is 0.753. The minimum atomic E-state index is -0.588. The highest BCUT2D eigenvalue weighted by Gasteiger charge is 2.49. The number of amides is 1. The molecule has 0 aliphatic carbocycles. The fraction of sp³-hybridized carbons (Fsp3) is 0.923. The molecule has 3 heterocycles. The molecule has 3 rings (SSSR count). The van der Waals surface area contributed by atoms with E-state index in [0.717, 1.165) is 25.7 Å². The van der Waals surface area contributed by atoms with Gasteiger partial charge >= 0.3 is 0 Å². The van der Waals surface area contributed by atoms with Crippen molar-refractivity contribution in [3.05, 3.63) is 0 Å². The molecule has 1 amide bonds. The summed E-state index contributed by atoms with van der Waals surface area (Å²) in [5.74, 6) is 0.449. The molecule has 2 N–H and O–H groups in total. The molecule has 0 aromatic rings. The number of rotatable bonds is 3. The van der Waals surface area contributed by atoms with E-state index in [4.69, 9.17) is 0 Å². The number of carbonyl (C=O) groups excluding carboxylic acids is 1. The van der Waals surface area contributed by atoms with Crippen LogP contribution in [-0.2, 0) is 4.79 Å². The largest absolute Gasteiger partial charge is 0.386 e. The Balaban J connectivity index is 1.55. The zero-order valence-corrected chi connectivity index (χ0v) is 10.5. The maximum atomic E-state index is 12.3. The Labute approximate surface area is 102 Å².